The highest BCUT2D eigenvalue weighted by Crippen LogP contribution is 2.01. The van der Waals surface area contributed by atoms with Gasteiger partial charge < -0.3 is 0 Å². The van der Waals surface area contributed by atoms with E-state index in [0.29, 0.717) is 11.2 Å². The second-order valence-corrected chi connectivity index (χ2v) is 4.03. The van der Waals surface area contributed by atoms with Crippen LogP contribution in [0.25, 0.3) is 5.65 Å². The first-order chi connectivity index (χ1) is 9.25. The van der Waals surface area contributed by atoms with Gasteiger partial charge in [0.1, 0.15) is 6.54 Å². The first kappa shape index (κ1) is 11.3. The van der Waals surface area contributed by atoms with Crippen molar-refractivity contribution < 1.29 is 4.79 Å². The van der Waals surface area contributed by atoms with Crippen molar-refractivity contribution >= 4 is 11.4 Å². The fourth-order valence-electron chi connectivity index (χ4n) is 1.83. The first-order valence-electron chi connectivity index (χ1n) is 5.73. The number of fused-ring (bicyclic) bond motifs is 1. The molecule has 0 bridgehead atoms. The van der Waals surface area contributed by atoms with Crippen molar-refractivity contribution in [1.29, 1.82) is 0 Å². The second kappa shape index (κ2) is 4.49. The van der Waals surface area contributed by atoms with Crippen LogP contribution in [0.4, 0.5) is 0 Å². The Labute approximate surface area is 107 Å². The smallest absolute Gasteiger partial charge is 0.292 e. The summed E-state index contributed by atoms with van der Waals surface area (Å²) in [5.41, 5.74) is 0.639. The molecule has 0 unspecified atom stereocenters. The molecule has 0 radical (unpaired) electrons. The Morgan fingerprint density at radius 3 is 2.74 bits per heavy atom. The molecule has 1 aromatic carbocycles. The van der Waals surface area contributed by atoms with Gasteiger partial charge in [0.15, 0.2) is 11.4 Å². The van der Waals surface area contributed by atoms with Gasteiger partial charge in [0, 0.05) is 18.0 Å². The number of rotatable bonds is 3. The first-order valence-corrected chi connectivity index (χ1v) is 5.73. The van der Waals surface area contributed by atoms with Crippen molar-refractivity contribution in [3.63, 3.8) is 0 Å². The zero-order valence-corrected chi connectivity index (χ0v) is 9.93. The molecule has 0 N–H and O–H groups in total. The lowest BCUT2D eigenvalue weighted by molar-refractivity contribution is 0.0966. The van der Waals surface area contributed by atoms with Gasteiger partial charge in [-0.15, -0.1) is 5.10 Å². The average molecular weight is 254 g/mol. The number of carbonyl (C=O) groups is 1. The SMILES string of the molecule is O=C(Cn1nc2cnccn2c1=O)c1ccccc1. The molecule has 0 saturated carbocycles. The molecular formula is C13H10N4O2. The summed E-state index contributed by atoms with van der Waals surface area (Å²) in [6, 6.07) is 8.82. The molecule has 0 fully saturated rings. The number of Topliss-reactive ketones (excluding diaryl/α,β-unsaturated/α-hetero) is 1. The van der Waals surface area contributed by atoms with Crippen molar-refractivity contribution in [2.45, 2.75) is 6.54 Å². The molecular weight excluding hydrogens is 244 g/mol. The Morgan fingerprint density at radius 2 is 2.00 bits per heavy atom. The molecule has 0 aliphatic carbocycles. The molecule has 2 aromatic heterocycles. The number of aromatic nitrogens is 4. The van der Waals surface area contributed by atoms with Crippen LogP contribution in [0.2, 0.25) is 0 Å². The number of ketones is 1. The van der Waals surface area contributed by atoms with E-state index in [1.54, 1.807) is 24.3 Å². The van der Waals surface area contributed by atoms with Crippen LogP contribution in [0, 0.1) is 0 Å². The second-order valence-electron chi connectivity index (χ2n) is 4.03. The predicted molar refractivity (Wildman–Crippen MR) is 68.0 cm³/mol. The molecule has 3 aromatic rings. The summed E-state index contributed by atoms with van der Waals surface area (Å²) in [4.78, 5) is 27.9. The summed E-state index contributed by atoms with van der Waals surface area (Å²) in [6.07, 6.45) is 4.50. The van der Waals surface area contributed by atoms with E-state index in [0.717, 1.165) is 4.68 Å². The fourth-order valence-corrected chi connectivity index (χ4v) is 1.83. The highest BCUT2D eigenvalue weighted by Gasteiger charge is 2.11. The van der Waals surface area contributed by atoms with Crippen molar-refractivity contribution in [3.05, 3.63) is 65.0 Å². The number of hydrogen-bond acceptors (Lipinski definition) is 4. The molecule has 0 saturated heterocycles. The normalized spacial score (nSPS) is 10.7. The average Bonchev–Trinajstić information content (AvgIpc) is 2.77. The van der Waals surface area contributed by atoms with E-state index >= 15 is 0 Å². The molecule has 6 heteroatoms. The van der Waals surface area contributed by atoms with Gasteiger partial charge in [-0.1, -0.05) is 30.3 Å². The van der Waals surface area contributed by atoms with Crippen molar-refractivity contribution in [2.24, 2.45) is 0 Å². The maximum atomic E-state index is 12.0. The zero-order valence-electron chi connectivity index (χ0n) is 9.93. The molecule has 6 nitrogen and oxygen atoms in total. The maximum Gasteiger partial charge on any atom is 0.350 e. The lowest BCUT2D eigenvalue weighted by atomic mass is 10.1. The van der Waals surface area contributed by atoms with Crippen LogP contribution in [-0.4, -0.2) is 24.9 Å². The van der Waals surface area contributed by atoms with E-state index in [-0.39, 0.29) is 18.0 Å². The number of benzene rings is 1. The maximum absolute atomic E-state index is 12.0. The van der Waals surface area contributed by atoms with Gasteiger partial charge in [0.2, 0.25) is 0 Å². The van der Waals surface area contributed by atoms with E-state index in [4.69, 9.17) is 0 Å². The van der Waals surface area contributed by atoms with Gasteiger partial charge in [0.05, 0.1) is 6.20 Å². The van der Waals surface area contributed by atoms with Gasteiger partial charge in [-0.25, -0.2) is 13.9 Å². The van der Waals surface area contributed by atoms with Crippen LogP contribution in [0.3, 0.4) is 0 Å². The van der Waals surface area contributed by atoms with Gasteiger partial charge in [-0.05, 0) is 0 Å². The summed E-state index contributed by atoms with van der Waals surface area (Å²) in [7, 11) is 0. The minimum absolute atomic E-state index is 0.0788. The molecule has 2 heterocycles. The van der Waals surface area contributed by atoms with Crippen LogP contribution >= 0.6 is 0 Å². The molecule has 0 amide bonds. The summed E-state index contributed by atoms with van der Waals surface area (Å²) in [5, 5.41) is 4.06. The van der Waals surface area contributed by atoms with Crippen molar-refractivity contribution in [1.82, 2.24) is 19.2 Å². The number of hydrogen-bond donors (Lipinski definition) is 0. The predicted octanol–water partition coefficient (Wildman–Crippen LogP) is 0.774. The lowest BCUT2D eigenvalue weighted by Crippen LogP contribution is -2.25. The molecule has 94 valence electrons. The van der Waals surface area contributed by atoms with Gasteiger partial charge in [-0.3, -0.25) is 9.78 Å². The Balaban J connectivity index is 1.96. The van der Waals surface area contributed by atoms with E-state index < -0.39 is 0 Å². The van der Waals surface area contributed by atoms with E-state index in [2.05, 4.69) is 10.1 Å². The molecule has 0 aliphatic heterocycles. The number of nitrogens with zero attached hydrogens (tertiary/aromatic N) is 4. The monoisotopic (exact) mass is 254 g/mol. The lowest BCUT2D eigenvalue weighted by Gasteiger charge is -1.99. The van der Waals surface area contributed by atoms with Crippen LogP contribution in [0.1, 0.15) is 10.4 Å². The van der Waals surface area contributed by atoms with Crippen LogP contribution in [0.15, 0.2) is 53.7 Å². The Bertz CT molecular complexity index is 789. The highest BCUT2D eigenvalue weighted by molar-refractivity contribution is 5.95. The minimum atomic E-state index is -0.346. The fraction of sp³-hybridized carbons (Fsp3) is 0.0769. The summed E-state index contributed by atoms with van der Waals surface area (Å²) >= 11 is 0. The molecule has 3 rings (SSSR count). The van der Waals surface area contributed by atoms with E-state index in [9.17, 15) is 9.59 Å². The third-order valence-corrected chi connectivity index (χ3v) is 2.78. The quantitative estimate of drug-likeness (QED) is 0.647. The molecule has 0 aliphatic rings. The van der Waals surface area contributed by atoms with Crippen LogP contribution in [0.5, 0.6) is 0 Å². The van der Waals surface area contributed by atoms with Crippen molar-refractivity contribution in [3.8, 4) is 0 Å². The Morgan fingerprint density at radius 1 is 1.21 bits per heavy atom. The van der Waals surface area contributed by atoms with Crippen LogP contribution < -0.4 is 5.69 Å². The third kappa shape index (κ3) is 2.03. The van der Waals surface area contributed by atoms with Crippen LogP contribution in [-0.2, 0) is 6.54 Å². The highest BCUT2D eigenvalue weighted by atomic mass is 16.2. The minimum Gasteiger partial charge on any atom is -0.292 e. The van der Waals surface area contributed by atoms with E-state index in [1.807, 2.05) is 6.07 Å². The summed E-state index contributed by atoms with van der Waals surface area (Å²) in [6.45, 7) is -0.0788. The van der Waals surface area contributed by atoms with Gasteiger partial charge in [0.25, 0.3) is 0 Å². The summed E-state index contributed by atoms with van der Waals surface area (Å²) in [5.74, 6) is -0.154. The molecule has 0 spiro atoms. The Hall–Kier alpha value is -2.76. The molecule has 0 atom stereocenters. The topological polar surface area (TPSA) is 69.3 Å². The van der Waals surface area contributed by atoms with Gasteiger partial charge in [-0.2, -0.15) is 0 Å². The van der Waals surface area contributed by atoms with E-state index in [1.165, 1.54) is 23.0 Å². The molecule has 19 heavy (non-hydrogen) atoms. The Kier molecular flexibility index (Phi) is 2.68. The summed E-state index contributed by atoms with van der Waals surface area (Å²) < 4.78 is 2.50. The third-order valence-electron chi connectivity index (χ3n) is 2.78. The van der Waals surface area contributed by atoms with Crippen molar-refractivity contribution in [2.75, 3.05) is 0 Å². The standard InChI is InChI=1S/C13H10N4O2/c18-11(10-4-2-1-3-5-10)9-17-13(19)16-7-6-14-8-12(16)15-17/h1-8H,9H2. The van der Waals surface area contributed by atoms with Gasteiger partial charge >= 0.3 is 5.69 Å². The largest absolute Gasteiger partial charge is 0.350 e. The number of carbonyl (C=O) groups excluding carboxylic acids is 1. The zero-order chi connectivity index (χ0) is 13.2.